The third-order valence-electron chi connectivity index (χ3n) is 3.79. The highest BCUT2D eigenvalue weighted by Crippen LogP contribution is 2.21. The minimum Gasteiger partial charge on any atom is -0.487 e. The van der Waals surface area contributed by atoms with Gasteiger partial charge in [0.2, 0.25) is 0 Å². The van der Waals surface area contributed by atoms with E-state index < -0.39 is 0 Å². The largest absolute Gasteiger partial charge is 0.487 e. The van der Waals surface area contributed by atoms with E-state index in [1.807, 2.05) is 4.68 Å². The van der Waals surface area contributed by atoms with Crippen molar-refractivity contribution in [1.29, 1.82) is 0 Å². The standard InChI is InChI=1S/C17H26N4O/c1-4-5-6-9-21-16(15(11-18)19-20-21)12-22-17-10-13(2)7-8-14(17)3/h7-8,10H,4-6,9,11-12,18H2,1-3H3. The second-order valence-electron chi connectivity index (χ2n) is 5.67. The average Bonchev–Trinajstić information content (AvgIpc) is 2.90. The van der Waals surface area contributed by atoms with Crippen molar-refractivity contribution in [1.82, 2.24) is 15.0 Å². The highest BCUT2D eigenvalue weighted by molar-refractivity contribution is 5.36. The third-order valence-corrected chi connectivity index (χ3v) is 3.79. The second-order valence-corrected chi connectivity index (χ2v) is 5.67. The van der Waals surface area contributed by atoms with Crippen molar-refractivity contribution in [2.75, 3.05) is 0 Å². The van der Waals surface area contributed by atoms with Crippen molar-refractivity contribution < 1.29 is 4.74 Å². The molecule has 5 nitrogen and oxygen atoms in total. The molecule has 0 aliphatic rings. The quantitative estimate of drug-likeness (QED) is 0.761. The molecule has 0 saturated heterocycles. The Morgan fingerprint density at radius 3 is 2.77 bits per heavy atom. The van der Waals surface area contributed by atoms with Crippen LogP contribution in [0.15, 0.2) is 18.2 Å². The lowest BCUT2D eigenvalue weighted by Crippen LogP contribution is -2.11. The lowest BCUT2D eigenvalue weighted by Gasteiger charge is -2.12. The zero-order valence-corrected chi connectivity index (χ0v) is 13.8. The van der Waals surface area contributed by atoms with Gasteiger partial charge in [0, 0.05) is 13.1 Å². The molecule has 0 aliphatic carbocycles. The van der Waals surface area contributed by atoms with Gasteiger partial charge in [-0.05, 0) is 37.5 Å². The van der Waals surface area contributed by atoms with Crippen LogP contribution >= 0.6 is 0 Å². The maximum Gasteiger partial charge on any atom is 0.132 e. The SMILES string of the molecule is CCCCCn1nnc(CN)c1COc1cc(C)ccc1C. The normalized spacial score (nSPS) is 10.9. The zero-order valence-electron chi connectivity index (χ0n) is 13.8. The molecule has 0 radical (unpaired) electrons. The summed E-state index contributed by atoms with van der Waals surface area (Å²) >= 11 is 0. The Bertz CT molecular complexity index is 607. The van der Waals surface area contributed by atoms with Crippen molar-refractivity contribution in [3.63, 3.8) is 0 Å². The summed E-state index contributed by atoms with van der Waals surface area (Å²) in [6.45, 7) is 8.02. The summed E-state index contributed by atoms with van der Waals surface area (Å²) in [5.74, 6) is 0.907. The Balaban J connectivity index is 2.10. The Hall–Kier alpha value is -1.88. The lowest BCUT2D eigenvalue weighted by atomic mass is 10.1. The third kappa shape index (κ3) is 4.07. The molecule has 0 fully saturated rings. The Morgan fingerprint density at radius 2 is 2.05 bits per heavy atom. The van der Waals surface area contributed by atoms with Crippen LogP contribution in [-0.4, -0.2) is 15.0 Å². The van der Waals surface area contributed by atoms with Gasteiger partial charge in [-0.25, -0.2) is 4.68 Å². The minimum atomic E-state index is 0.388. The summed E-state index contributed by atoms with van der Waals surface area (Å²) in [6, 6.07) is 6.22. The first-order valence-electron chi connectivity index (χ1n) is 7.97. The first-order valence-corrected chi connectivity index (χ1v) is 7.97. The zero-order chi connectivity index (χ0) is 15.9. The van der Waals surface area contributed by atoms with Gasteiger partial charge in [0.1, 0.15) is 23.7 Å². The van der Waals surface area contributed by atoms with Gasteiger partial charge in [-0.1, -0.05) is 37.1 Å². The van der Waals surface area contributed by atoms with Crippen LogP contribution in [0.1, 0.15) is 48.7 Å². The molecule has 0 saturated carbocycles. The minimum absolute atomic E-state index is 0.388. The Morgan fingerprint density at radius 1 is 1.23 bits per heavy atom. The van der Waals surface area contributed by atoms with E-state index in [-0.39, 0.29) is 0 Å². The molecule has 0 atom stereocenters. The van der Waals surface area contributed by atoms with Crippen molar-refractivity contribution in [2.45, 2.75) is 59.7 Å². The number of unbranched alkanes of at least 4 members (excludes halogenated alkanes) is 2. The first-order chi connectivity index (χ1) is 10.7. The van der Waals surface area contributed by atoms with Gasteiger partial charge in [0.25, 0.3) is 0 Å². The number of rotatable bonds is 8. The molecule has 0 bridgehead atoms. The molecular weight excluding hydrogens is 276 g/mol. The second kappa shape index (κ2) is 7.94. The molecule has 0 spiro atoms. The fourth-order valence-electron chi connectivity index (χ4n) is 2.39. The Labute approximate surface area is 132 Å². The highest BCUT2D eigenvalue weighted by atomic mass is 16.5. The summed E-state index contributed by atoms with van der Waals surface area (Å²) in [5, 5.41) is 8.39. The van der Waals surface area contributed by atoms with Crippen LogP contribution < -0.4 is 10.5 Å². The van der Waals surface area contributed by atoms with E-state index in [1.54, 1.807) is 0 Å². The molecule has 0 unspecified atom stereocenters. The number of aryl methyl sites for hydroxylation is 3. The van der Waals surface area contributed by atoms with Gasteiger partial charge in [0.15, 0.2) is 0 Å². The summed E-state index contributed by atoms with van der Waals surface area (Å²) in [4.78, 5) is 0. The Kier molecular flexibility index (Phi) is 5.95. The van der Waals surface area contributed by atoms with Crippen LogP contribution in [0, 0.1) is 13.8 Å². The van der Waals surface area contributed by atoms with Gasteiger partial charge in [-0.2, -0.15) is 0 Å². The van der Waals surface area contributed by atoms with Gasteiger partial charge < -0.3 is 10.5 Å². The van der Waals surface area contributed by atoms with Gasteiger partial charge >= 0.3 is 0 Å². The summed E-state index contributed by atoms with van der Waals surface area (Å²) in [6.07, 6.45) is 3.47. The fraction of sp³-hybridized carbons (Fsp3) is 0.529. The van der Waals surface area contributed by atoms with Gasteiger partial charge in [-0.3, -0.25) is 0 Å². The molecule has 2 rings (SSSR count). The number of aromatic nitrogens is 3. The van der Waals surface area contributed by atoms with Gasteiger partial charge in [0.05, 0.1) is 0 Å². The van der Waals surface area contributed by atoms with Crippen LogP contribution in [-0.2, 0) is 19.7 Å². The van der Waals surface area contributed by atoms with E-state index in [9.17, 15) is 0 Å². The molecule has 5 heteroatoms. The number of hydrogen-bond donors (Lipinski definition) is 1. The smallest absolute Gasteiger partial charge is 0.132 e. The summed E-state index contributed by atoms with van der Waals surface area (Å²) in [7, 11) is 0. The van der Waals surface area contributed by atoms with Crippen LogP contribution in [0.3, 0.4) is 0 Å². The van der Waals surface area contributed by atoms with Crippen LogP contribution in [0.25, 0.3) is 0 Å². The van der Waals surface area contributed by atoms with E-state index in [2.05, 4.69) is 49.3 Å². The molecule has 2 N–H and O–H groups in total. The molecule has 1 heterocycles. The number of nitrogens with two attached hydrogens (primary N) is 1. The predicted octanol–water partition coefficient (Wildman–Crippen LogP) is 3.12. The molecule has 2 aromatic rings. The highest BCUT2D eigenvalue weighted by Gasteiger charge is 2.13. The molecule has 1 aromatic heterocycles. The van der Waals surface area contributed by atoms with E-state index in [1.165, 1.54) is 18.4 Å². The van der Waals surface area contributed by atoms with Crippen molar-refractivity contribution in [3.8, 4) is 5.75 Å². The summed E-state index contributed by atoms with van der Waals surface area (Å²) in [5.41, 5.74) is 9.90. The average molecular weight is 302 g/mol. The summed E-state index contributed by atoms with van der Waals surface area (Å²) < 4.78 is 7.93. The fourth-order valence-corrected chi connectivity index (χ4v) is 2.39. The molecule has 22 heavy (non-hydrogen) atoms. The first kappa shape index (κ1) is 16.5. The van der Waals surface area contributed by atoms with Crippen LogP contribution in [0.2, 0.25) is 0 Å². The van der Waals surface area contributed by atoms with Crippen molar-refractivity contribution >= 4 is 0 Å². The van der Waals surface area contributed by atoms with E-state index in [4.69, 9.17) is 10.5 Å². The molecule has 120 valence electrons. The van der Waals surface area contributed by atoms with Crippen LogP contribution in [0.5, 0.6) is 5.75 Å². The maximum atomic E-state index is 6.00. The number of hydrogen-bond acceptors (Lipinski definition) is 4. The topological polar surface area (TPSA) is 66.0 Å². The molecule has 0 aliphatic heterocycles. The van der Waals surface area contributed by atoms with E-state index in [0.717, 1.165) is 35.7 Å². The monoisotopic (exact) mass is 302 g/mol. The number of benzene rings is 1. The molecule has 1 aromatic carbocycles. The number of nitrogens with zero attached hydrogens (tertiary/aromatic N) is 3. The van der Waals surface area contributed by atoms with E-state index in [0.29, 0.717) is 13.2 Å². The van der Waals surface area contributed by atoms with Gasteiger partial charge in [-0.15, -0.1) is 5.10 Å². The molecule has 0 amide bonds. The predicted molar refractivity (Wildman–Crippen MR) is 87.7 cm³/mol. The van der Waals surface area contributed by atoms with E-state index >= 15 is 0 Å². The molecular formula is C17H26N4O. The number of ether oxygens (including phenoxy) is 1. The maximum absolute atomic E-state index is 6.00. The van der Waals surface area contributed by atoms with Crippen LogP contribution in [0.4, 0.5) is 0 Å². The lowest BCUT2D eigenvalue weighted by molar-refractivity contribution is 0.287. The van der Waals surface area contributed by atoms with Crippen molar-refractivity contribution in [3.05, 3.63) is 40.7 Å². The van der Waals surface area contributed by atoms with Crippen molar-refractivity contribution in [2.24, 2.45) is 5.73 Å².